The Morgan fingerprint density at radius 1 is 0.962 bits per heavy atom. The molecule has 0 aromatic heterocycles. The molecule has 0 radical (unpaired) electrons. The molecule has 26 heavy (non-hydrogen) atoms. The summed E-state index contributed by atoms with van der Waals surface area (Å²) < 4.78 is 16.0. The SMILES string of the molecule is COc1cc(NC(=O)[C@@H](c2ccc(Cl)cc2)C(C)C)cc(OC)c1OC. The number of nitrogens with one attached hydrogen (secondary N) is 1. The van der Waals surface area contributed by atoms with Crippen LogP contribution < -0.4 is 19.5 Å². The summed E-state index contributed by atoms with van der Waals surface area (Å²) in [4.78, 5) is 12.9. The lowest BCUT2D eigenvalue weighted by molar-refractivity contribution is -0.118. The van der Waals surface area contributed by atoms with Crippen LogP contribution in [0.3, 0.4) is 0 Å². The maximum Gasteiger partial charge on any atom is 0.232 e. The van der Waals surface area contributed by atoms with Crippen LogP contribution in [-0.2, 0) is 4.79 Å². The monoisotopic (exact) mass is 377 g/mol. The van der Waals surface area contributed by atoms with Gasteiger partial charge in [-0.1, -0.05) is 37.6 Å². The molecule has 5 nitrogen and oxygen atoms in total. The second-order valence-corrected chi connectivity index (χ2v) is 6.61. The number of hydrogen-bond donors (Lipinski definition) is 1. The Balaban J connectivity index is 2.33. The van der Waals surface area contributed by atoms with Crippen LogP contribution in [0, 0.1) is 5.92 Å². The van der Waals surface area contributed by atoms with E-state index in [2.05, 4.69) is 5.32 Å². The van der Waals surface area contributed by atoms with Gasteiger partial charge in [0.15, 0.2) is 11.5 Å². The first kappa shape index (κ1) is 19.9. The van der Waals surface area contributed by atoms with Gasteiger partial charge in [0.25, 0.3) is 0 Å². The van der Waals surface area contributed by atoms with Gasteiger partial charge in [-0.25, -0.2) is 0 Å². The van der Waals surface area contributed by atoms with E-state index in [9.17, 15) is 4.79 Å². The predicted octanol–water partition coefficient (Wildman–Crippen LogP) is 4.74. The first-order valence-corrected chi connectivity index (χ1v) is 8.65. The van der Waals surface area contributed by atoms with E-state index >= 15 is 0 Å². The van der Waals surface area contributed by atoms with E-state index in [1.165, 1.54) is 21.3 Å². The van der Waals surface area contributed by atoms with Gasteiger partial charge in [-0.15, -0.1) is 0 Å². The van der Waals surface area contributed by atoms with Crippen LogP contribution in [0.15, 0.2) is 36.4 Å². The lowest BCUT2D eigenvalue weighted by Crippen LogP contribution is -2.25. The molecule has 0 aliphatic heterocycles. The average Bonchev–Trinajstić information content (AvgIpc) is 2.62. The van der Waals surface area contributed by atoms with E-state index < -0.39 is 0 Å². The minimum Gasteiger partial charge on any atom is -0.493 e. The topological polar surface area (TPSA) is 56.8 Å². The normalized spacial score (nSPS) is 11.8. The zero-order valence-electron chi connectivity index (χ0n) is 15.6. The first-order valence-electron chi connectivity index (χ1n) is 8.27. The molecule has 140 valence electrons. The molecule has 2 aromatic carbocycles. The Morgan fingerprint density at radius 3 is 1.92 bits per heavy atom. The van der Waals surface area contributed by atoms with E-state index in [-0.39, 0.29) is 17.7 Å². The summed E-state index contributed by atoms with van der Waals surface area (Å²) in [5.41, 5.74) is 1.48. The minimum atomic E-state index is -0.314. The highest BCUT2D eigenvalue weighted by molar-refractivity contribution is 6.30. The van der Waals surface area contributed by atoms with Crippen molar-refractivity contribution in [1.29, 1.82) is 0 Å². The molecule has 0 saturated carbocycles. The number of halogens is 1. The molecule has 1 atom stereocenters. The first-order chi connectivity index (χ1) is 12.4. The Morgan fingerprint density at radius 2 is 1.50 bits per heavy atom. The summed E-state index contributed by atoms with van der Waals surface area (Å²) in [6.07, 6.45) is 0. The summed E-state index contributed by atoms with van der Waals surface area (Å²) in [5, 5.41) is 3.59. The third kappa shape index (κ3) is 4.41. The lowest BCUT2D eigenvalue weighted by Gasteiger charge is -2.21. The van der Waals surface area contributed by atoms with Gasteiger partial charge in [0, 0.05) is 22.8 Å². The summed E-state index contributed by atoms with van der Waals surface area (Å²) >= 11 is 5.96. The number of methoxy groups -OCH3 is 3. The molecule has 0 heterocycles. The van der Waals surface area contributed by atoms with E-state index in [4.69, 9.17) is 25.8 Å². The molecule has 0 aliphatic rings. The summed E-state index contributed by atoms with van der Waals surface area (Å²) in [7, 11) is 4.61. The third-order valence-electron chi connectivity index (χ3n) is 4.11. The molecule has 0 bridgehead atoms. The lowest BCUT2D eigenvalue weighted by atomic mass is 9.87. The molecule has 0 aliphatic carbocycles. The fourth-order valence-corrected chi connectivity index (χ4v) is 3.01. The summed E-state index contributed by atoms with van der Waals surface area (Å²) in [6.45, 7) is 4.02. The van der Waals surface area contributed by atoms with Crippen molar-refractivity contribution in [3.63, 3.8) is 0 Å². The van der Waals surface area contributed by atoms with Gasteiger partial charge in [-0.05, 0) is 23.6 Å². The van der Waals surface area contributed by atoms with Crippen molar-refractivity contribution < 1.29 is 19.0 Å². The molecule has 0 unspecified atom stereocenters. The standard InChI is InChI=1S/C20H24ClNO4/c1-12(2)18(13-6-8-14(21)9-7-13)20(23)22-15-10-16(24-3)19(26-5)17(11-15)25-4/h6-12,18H,1-5H3,(H,22,23)/t18-/m1/s1. The van der Waals surface area contributed by atoms with Crippen LogP contribution >= 0.6 is 11.6 Å². The van der Waals surface area contributed by atoms with Crippen molar-refractivity contribution in [1.82, 2.24) is 0 Å². The summed E-state index contributed by atoms with van der Waals surface area (Å²) in [6, 6.07) is 10.7. The zero-order valence-corrected chi connectivity index (χ0v) is 16.4. The molecule has 6 heteroatoms. The summed E-state index contributed by atoms with van der Waals surface area (Å²) in [5.74, 6) is 1.12. The minimum absolute atomic E-state index is 0.109. The molecular formula is C20H24ClNO4. The molecule has 0 fully saturated rings. The number of ether oxygens (including phenoxy) is 3. The Kier molecular flexibility index (Phi) is 6.75. The number of carbonyl (C=O) groups is 1. The maximum absolute atomic E-state index is 12.9. The highest BCUT2D eigenvalue weighted by atomic mass is 35.5. The Labute approximate surface area is 159 Å². The molecular weight excluding hydrogens is 354 g/mol. The maximum atomic E-state index is 12.9. The van der Waals surface area contributed by atoms with Crippen molar-refractivity contribution in [3.8, 4) is 17.2 Å². The second kappa shape index (κ2) is 8.81. The predicted molar refractivity (Wildman–Crippen MR) is 104 cm³/mol. The van der Waals surface area contributed by atoms with E-state index in [0.717, 1.165) is 5.56 Å². The zero-order chi connectivity index (χ0) is 19.3. The van der Waals surface area contributed by atoms with Crippen molar-refractivity contribution in [2.24, 2.45) is 5.92 Å². The molecule has 1 N–H and O–H groups in total. The highest BCUT2D eigenvalue weighted by Crippen LogP contribution is 2.40. The van der Waals surface area contributed by atoms with Gasteiger partial charge < -0.3 is 19.5 Å². The van der Waals surface area contributed by atoms with E-state index in [1.807, 2.05) is 26.0 Å². The highest BCUT2D eigenvalue weighted by Gasteiger charge is 2.25. The molecule has 2 rings (SSSR count). The van der Waals surface area contributed by atoms with Crippen molar-refractivity contribution in [2.45, 2.75) is 19.8 Å². The quantitative estimate of drug-likeness (QED) is 0.756. The van der Waals surface area contributed by atoms with Crippen LogP contribution in [0.25, 0.3) is 0 Å². The van der Waals surface area contributed by atoms with Crippen molar-refractivity contribution in [3.05, 3.63) is 47.0 Å². The van der Waals surface area contributed by atoms with Crippen molar-refractivity contribution >= 4 is 23.2 Å². The van der Waals surface area contributed by atoms with Gasteiger partial charge in [0.2, 0.25) is 11.7 Å². The third-order valence-corrected chi connectivity index (χ3v) is 4.36. The second-order valence-electron chi connectivity index (χ2n) is 6.18. The van der Waals surface area contributed by atoms with Gasteiger partial charge in [-0.2, -0.15) is 0 Å². The van der Waals surface area contributed by atoms with Crippen LogP contribution in [0.4, 0.5) is 5.69 Å². The van der Waals surface area contributed by atoms with Crippen LogP contribution in [0.5, 0.6) is 17.2 Å². The van der Waals surface area contributed by atoms with Gasteiger partial charge >= 0.3 is 0 Å². The average molecular weight is 378 g/mol. The molecule has 0 saturated heterocycles. The Hall–Kier alpha value is -2.40. The fourth-order valence-electron chi connectivity index (χ4n) is 2.88. The van der Waals surface area contributed by atoms with E-state index in [0.29, 0.717) is 28.0 Å². The molecule has 2 aromatic rings. The van der Waals surface area contributed by atoms with E-state index in [1.54, 1.807) is 24.3 Å². The van der Waals surface area contributed by atoms with Gasteiger partial charge in [0.1, 0.15) is 0 Å². The molecule has 0 spiro atoms. The van der Waals surface area contributed by atoms with Crippen molar-refractivity contribution in [2.75, 3.05) is 26.6 Å². The van der Waals surface area contributed by atoms with Gasteiger partial charge in [0.05, 0.1) is 27.2 Å². The van der Waals surface area contributed by atoms with Crippen LogP contribution in [-0.4, -0.2) is 27.2 Å². The number of anilines is 1. The van der Waals surface area contributed by atoms with Crippen LogP contribution in [0.2, 0.25) is 5.02 Å². The van der Waals surface area contributed by atoms with Gasteiger partial charge in [-0.3, -0.25) is 4.79 Å². The number of hydrogen-bond acceptors (Lipinski definition) is 4. The number of carbonyl (C=O) groups excluding carboxylic acids is 1. The molecule has 1 amide bonds. The fraction of sp³-hybridized carbons (Fsp3) is 0.350. The van der Waals surface area contributed by atoms with Crippen LogP contribution in [0.1, 0.15) is 25.3 Å². The Bertz CT molecular complexity index is 734. The largest absolute Gasteiger partial charge is 0.493 e. The number of rotatable bonds is 7. The number of benzene rings is 2. The smallest absolute Gasteiger partial charge is 0.232 e. The number of amides is 1.